The van der Waals surface area contributed by atoms with Gasteiger partial charge in [-0.3, -0.25) is 24.6 Å². The molecule has 10 nitrogen and oxygen atoms in total. The van der Waals surface area contributed by atoms with Crippen molar-refractivity contribution in [2.24, 2.45) is 0 Å². The second-order valence-corrected chi connectivity index (χ2v) is 12.4. The fourth-order valence-corrected chi connectivity index (χ4v) is 6.99. The summed E-state index contributed by atoms with van der Waals surface area (Å²) in [5.74, 6) is 0.555. The van der Waals surface area contributed by atoms with Gasteiger partial charge < -0.3 is 19.1 Å². The number of piperidine rings is 1. The highest BCUT2D eigenvalue weighted by Gasteiger charge is 2.39. The first-order valence-electron chi connectivity index (χ1n) is 15.7. The Bertz CT molecular complexity index is 1590. The molecule has 0 radical (unpaired) electrons. The molecule has 1 saturated carbocycles. The number of pyridine rings is 1. The third-order valence-electron chi connectivity index (χ3n) is 9.40. The maximum absolute atomic E-state index is 13.0. The Labute approximate surface area is 256 Å². The third-order valence-corrected chi connectivity index (χ3v) is 9.40. The minimum absolute atomic E-state index is 0.0529. The Balaban J connectivity index is 0.927. The molecule has 3 aliphatic heterocycles. The predicted molar refractivity (Wildman–Crippen MR) is 162 cm³/mol. The SMILES string of the molecule is CO[C@H]1CC[C@@H](Oc2ccc3cc(CN4CC[C@H](Oc5ccc6c(c5)CN(C5CCC(=O)NC5=O)C6=O)C4)ccc3n2)CC1. The van der Waals surface area contributed by atoms with Crippen LogP contribution in [0.5, 0.6) is 11.6 Å². The van der Waals surface area contributed by atoms with Crippen LogP contribution in [0.1, 0.15) is 66.4 Å². The first kappa shape index (κ1) is 28.7. The van der Waals surface area contributed by atoms with E-state index in [0.29, 0.717) is 30.5 Å². The maximum atomic E-state index is 13.0. The van der Waals surface area contributed by atoms with Gasteiger partial charge in [-0.25, -0.2) is 4.98 Å². The van der Waals surface area contributed by atoms with Crippen molar-refractivity contribution in [3.8, 4) is 11.6 Å². The zero-order valence-corrected chi connectivity index (χ0v) is 25.0. The van der Waals surface area contributed by atoms with Gasteiger partial charge in [0.1, 0.15) is 24.0 Å². The number of rotatable bonds is 8. The largest absolute Gasteiger partial charge is 0.489 e. The molecule has 1 unspecified atom stereocenters. The molecule has 4 heterocycles. The zero-order chi connectivity index (χ0) is 30.2. The Morgan fingerprint density at radius 2 is 1.73 bits per heavy atom. The average Bonchev–Trinajstić information content (AvgIpc) is 3.60. The van der Waals surface area contributed by atoms with E-state index in [1.807, 2.05) is 18.2 Å². The summed E-state index contributed by atoms with van der Waals surface area (Å²) in [6.45, 7) is 2.92. The van der Waals surface area contributed by atoms with E-state index >= 15 is 0 Å². The number of carbonyl (C=O) groups is 3. The van der Waals surface area contributed by atoms with E-state index in [9.17, 15) is 14.4 Å². The highest BCUT2D eigenvalue weighted by molar-refractivity contribution is 6.05. The number of nitrogens with one attached hydrogen (secondary N) is 1. The number of methoxy groups -OCH3 is 1. The number of carbonyl (C=O) groups excluding carboxylic acids is 3. The van der Waals surface area contributed by atoms with E-state index in [-0.39, 0.29) is 30.4 Å². The van der Waals surface area contributed by atoms with Crippen molar-refractivity contribution in [1.82, 2.24) is 20.1 Å². The number of amides is 3. The van der Waals surface area contributed by atoms with Crippen LogP contribution in [-0.4, -0.2) is 77.1 Å². The Hall–Kier alpha value is -4.02. The van der Waals surface area contributed by atoms with Gasteiger partial charge in [0.05, 0.1) is 11.6 Å². The fraction of sp³-hybridized carbons (Fsp3) is 0.471. The molecule has 3 aromatic rings. The lowest BCUT2D eigenvalue weighted by Crippen LogP contribution is -2.52. The Morgan fingerprint density at radius 1 is 0.886 bits per heavy atom. The van der Waals surface area contributed by atoms with Crippen molar-refractivity contribution >= 4 is 28.6 Å². The predicted octanol–water partition coefficient (Wildman–Crippen LogP) is 3.99. The van der Waals surface area contributed by atoms with Gasteiger partial charge >= 0.3 is 0 Å². The van der Waals surface area contributed by atoms with Gasteiger partial charge in [0.2, 0.25) is 17.7 Å². The van der Waals surface area contributed by atoms with Crippen molar-refractivity contribution in [2.75, 3.05) is 20.2 Å². The number of ether oxygens (including phenoxy) is 3. The summed E-state index contributed by atoms with van der Waals surface area (Å²) in [5, 5.41) is 3.45. The number of benzene rings is 2. The van der Waals surface area contributed by atoms with E-state index in [0.717, 1.165) is 74.0 Å². The molecular weight excluding hydrogens is 560 g/mol. The minimum Gasteiger partial charge on any atom is -0.489 e. The lowest BCUT2D eigenvalue weighted by molar-refractivity contribution is -0.136. The molecule has 10 heteroatoms. The van der Waals surface area contributed by atoms with Crippen LogP contribution in [0.2, 0.25) is 0 Å². The second-order valence-electron chi connectivity index (χ2n) is 12.4. The molecule has 0 spiro atoms. The third kappa shape index (κ3) is 6.01. The van der Waals surface area contributed by atoms with E-state index in [4.69, 9.17) is 19.2 Å². The molecule has 2 saturated heterocycles. The van der Waals surface area contributed by atoms with Crippen LogP contribution in [0, 0.1) is 0 Å². The monoisotopic (exact) mass is 598 g/mol. The number of imide groups is 1. The van der Waals surface area contributed by atoms with Crippen LogP contribution in [0.25, 0.3) is 10.9 Å². The summed E-state index contributed by atoms with van der Waals surface area (Å²) < 4.78 is 18.0. The molecule has 1 aromatic heterocycles. The molecule has 1 aliphatic carbocycles. The van der Waals surface area contributed by atoms with Crippen molar-refractivity contribution in [1.29, 1.82) is 0 Å². The van der Waals surface area contributed by atoms with Gasteiger partial charge in [-0.05, 0) is 86.1 Å². The maximum Gasteiger partial charge on any atom is 0.255 e. The molecule has 44 heavy (non-hydrogen) atoms. The molecule has 7 rings (SSSR count). The van der Waals surface area contributed by atoms with Crippen molar-refractivity contribution in [2.45, 2.75) is 82.4 Å². The topological polar surface area (TPSA) is 110 Å². The quantitative estimate of drug-likeness (QED) is 0.388. The van der Waals surface area contributed by atoms with Crippen LogP contribution >= 0.6 is 0 Å². The Kier molecular flexibility index (Phi) is 7.95. The number of nitrogens with zero attached hydrogens (tertiary/aromatic N) is 3. The lowest BCUT2D eigenvalue weighted by atomic mass is 9.95. The standard InChI is InChI=1S/C34H38N4O6/c1-42-24-4-6-25(7-5-24)44-32-13-3-22-16-21(2-10-29(22)35-32)18-37-15-14-27(20-37)43-26-8-9-28-23(17-26)19-38(34(28)41)30-11-12-31(39)36-33(30)40/h2-3,8-10,13,16-17,24-25,27,30H,4-7,11-12,14-15,18-20H2,1H3,(H,36,39,40)/t24-,25+,27-,30?/m0/s1. The number of hydrogen-bond acceptors (Lipinski definition) is 8. The average molecular weight is 599 g/mol. The molecule has 1 N–H and O–H groups in total. The number of likely N-dealkylation sites (tertiary alicyclic amines) is 1. The first-order valence-corrected chi connectivity index (χ1v) is 15.7. The molecule has 2 aromatic carbocycles. The van der Waals surface area contributed by atoms with Crippen molar-refractivity contribution < 1.29 is 28.6 Å². The highest BCUT2D eigenvalue weighted by Crippen LogP contribution is 2.32. The molecule has 230 valence electrons. The van der Waals surface area contributed by atoms with E-state index in [1.54, 1.807) is 18.1 Å². The molecule has 3 fully saturated rings. The molecular formula is C34H38N4O6. The minimum atomic E-state index is -0.618. The zero-order valence-electron chi connectivity index (χ0n) is 25.0. The lowest BCUT2D eigenvalue weighted by Gasteiger charge is -2.29. The second kappa shape index (κ2) is 12.2. The van der Waals surface area contributed by atoms with Gasteiger partial charge in [0.25, 0.3) is 5.91 Å². The first-order chi connectivity index (χ1) is 21.4. The van der Waals surface area contributed by atoms with Gasteiger partial charge in [-0.2, -0.15) is 0 Å². The normalized spacial score (nSPS) is 25.8. The molecule has 4 aliphatic rings. The van der Waals surface area contributed by atoms with Gasteiger partial charge in [0, 0.05) is 56.7 Å². The van der Waals surface area contributed by atoms with Crippen LogP contribution in [-0.2, 0) is 27.4 Å². The van der Waals surface area contributed by atoms with E-state index in [1.165, 1.54) is 5.56 Å². The van der Waals surface area contributed by atoms with Crippen molar-refractivity contribution in [3.05, 3.63) is 65.2 Å². The van der Waals surface area contributed by atoms with Crippen LogP contribution in [0.15, 0.2) is 48.5 Å². The van der Waals surface area contributed by atoms with Crippen LogP contribution in [0.3, 0.4) is 0 Å². The summed E-state index contributed by atoms with van der Waals surface area (Å²) in [4.78, 5) is 45.6. The molecule has 2 atom stereocenters. The van der Waals surface area contributed by atoms with Gasteiger partial charge in [-0.15, -0.1) is 0 Å². The number of hydrogen-bond donors (Lipinski definition) is 1. The summed E-state index contributed by atoms with van der Waals surface area (Å²) >= 11 is 0. The summed E-state index contributed by atoms with van der Waals surface area (Å²) in [5.41, 5.74) is 3.61. The molecule has 0 bridgehead atoms. The number of aromatic nitrogens is 1. The Morgan fingerprint density at radius 3 is 2.55 bits per heavy atom. The summed E-state index contributed by atoms with van der Waals surface area (Å²) in [6.07, 6.45) is 6.15. The van der Waals surface area contributed by atoms with E-state index in [2.05, 4.69) is 34.5 Å². The summed E-state index contributed by atoms with van der Waals surface area (Å²) in [6, 6.07) is 15.4. The molecule has 3 amide bonds. The summed E-state index contributed by atoms with van der Waals surface area (Å²) in [7, 11) is 1.78. The van der Waals surface area contributed by atoms with Crippen molar-refractivity contribution in [3.63, 3.8) is 0 Å². The van der Waals surface area contributed by atoms with Gasteiger partial charge in [0.15, 0.2) is 0 Å². The fourth-order valence-electron chi connectivity index (χ4n) is 6.99. The van der Waals surface area contributed by atoms with E-state index < -0.39 is 11.9 Å². The number of fused-ring (bicyclic) bond motifs is 2. The highest BCUT2D eigenvalue weighted by atomic mass is 16.5. The smallest absolute Gasteiger partial charge is 0.255 e. The van der Waals surface area contributed by atoms with Crippen LogP contribution in [0.4, 0.5) is 0 Å². The van der Waals surface area contributed by atoms with Gasteiger partial charge in [-0.1, -0.05) is 6.07 Å². The van der Waals surface area contributed by atoms with Crippen LogP contribution < -0.4 is 14.8 Å².